The van der Waals surface area contributed by atoms with Crippen LogP contribution in [0.2, 0.25) is 0 Å². The van der Waals surface area contributed by atoms with Gasteiger partial charge in [0.15, 0.2) is 0 Å². The van der Waals surface area contributed by atoms with Crippen LogP contribution in [-0.4, -0.2) is 22.3 Å². The number of nitrogens with zero attached hydrogens (tertiary/aromatic N) is 2. The van der Waals surface area contributed by atoms with Crippen LogP contribution < -0.4 is 10.3 Å². The zero-order valence-electron chi connectivity index (χ0n) is 9.11. The van der Waals surface area contributed by atoms with Gasteiger partial charge in [-0.3, -0.25) is 9.36 Å². The molecule has 2 aliphatic rings. The minimum absolute atomic E-state index is 0.111. The summed E-state index contributed by atoms with van der Waals surface area (Å²) in [5, 5.41) is 0. The average molecular weight is 262 g/mol. The second kappa shape index (κ2) is 3.71. The molecule has 2 unspecified atom stereocenters. The van der Waals surface area contributed by atoms with E-state index in [-0.39, 0.29) is 18.7 Å². The van der Waals surface area contributed by atoms with Crippen molar-refractivity contribution in [3.63, 3.8) is 0 Å². The Morgan fingerprint density at radius 1 is 1.39 bits per heavy atom. The quantitative estimate of drug-likeness (QED) is 0.707. The van der Waals surface area contributed by atoms with Crippen LogP contribution in [-0.2, 0) is 10.9 Å². The van der Waals surface area contributed by atoms with E-state index in [1.165, 1.54) is 0 Å². The molecule has 0 spiro atoms. The van der Waals surface area contributed by atoms with Gasteiger partial charge in [0.25, 0.3) is 5.56 Å². The van der Waals surface area contributed by atoms with Crippen molar-refractivity contribution in [3.05, 3.63) is 22.1 Å². The maximum Gasteiger partial charge on any atom is 0.423 e. The smallest absolute Gasteiger partial charge is 0.423 e. The van der Waals surface area contributed by atoms with E-state index in [0.717, 1.165) is 17.2 Å². The number of rotatable bonds is 0. The van der Waals surface area contributed by atoms with Gasteiger partial charge in [-0.25, -0.2) is 0 Å². The molecule has 2 bridgehead atoms. The lowest BCUT2D eigenvalue weighted by atomic mass is 10.2. The molecule has 0 aliphatic carbocycles. The van der Waals surface area contributed by atoms with E-state index < -0.39 is 23.5 Å². The second-order valence-electron chi connectivity index (χ2n) is 4.25. The van der Waals surface area contributed by atoms with Gasteiger partial charge in [0.05, 0.1) is 6.10 Å². The zero-order chi connectivity index (χ0) is 12.9. The summed E-state index contributed by atoms with van der Waals surface area (Å²) in [6.45, 7) is 0.203. The molecular weight excluding hydrogens is 253 g/mol. The Labute approximate surface area is 99.1 Å². The molecule has 0 saturated carbocycles. The van der Waals surface area contributed by atoms with Crippen molar-refractivity contribution in [3.8, 4) is 6.01 Å². The van der Waals surface area contributed by atoms with Crippen LogP contribution in [0, 0.1) is 0 Å². The third kappa shape index (κ3) is 1.76. The van der Waals surface area contributed by atoms with Gasteiger partial charge < -0.3 is 9.47 Å². The van der Waals surface area contributed by atoms with E-state index in [1.54, 1.807) is 0 Å². The van der Waals surface area contributed by atoms with Gasteiger partial charge in [-0.1, -0.05) is 0 Å². The first-order chi connectivity index (χ1) is 8.45. The fourth-order valence-electron chi connectivity index (χ4n) is 2.14. The molecule has 0 N–H and O–H groups in total. The van der Waals surface area contributed by atoms with Crippen LogP contribution in [0.15, 0.2) is 11.0 Å². The molecular formula is C10H9F3N2O3. The Morgan fingerprint density at radius 2 is 2.17 bits per heavy atom. The SMILES string of the molecule is O=c1nc2n(cc1C(F)(F)F)C1CCC(CO2)O1. The second-order valence-corrected chi connectivity index (χ2v) is 4.25. The molecule has 0 amide bonds. The van der Waals surface area contributed by atoms with Crippen molar-refractivity contribution in [2.75, 3.05) is 6.61 Å². The van der Waals surface area contributed by atoms with Crippen LogP contribution in [0.4, 0.5) is 13.2 Å². The first-order valence-electron chi connectivity index (χ1n) is 5.44. The predicted molar refractivity (Wildman–Crippen MR) is 52.1 cm³/mol. The number of alkyl halides is 3. The molecule has 8 heteroatoms. The van der Waals surface area contributed by atoms with Crippen molar-refractivity contribution in [1.29, 1.82) is 0 Å². The van der Waals surface area contributed by atoms with Crippen molar-refractivity contribution < 1.29 is 22.6 Å². The molecule has 98 valence electrons. The Hall–Kier alpha value is -1.57. The first kappa shape index (κ1) is 11.5. The maximum absolute atomic E-state index is 12.6. The number of hydrogen-bond acceptors (Lipinski definition) is 4. The van der Waals surface area contributed by atoms with Crippen LogP contribution in [0.25, 0.3) is 0 Å². The molecule has 3 heterocycles. The molecule has 2 atom stereocenters. The van der Waals surface area contributed by atoms with Gasteiger partial charge in [-0.05, 0) is 12.8 Å². The van der Waals surface area contributed by atoms with Gasteiger partial charge >= 0.3 is 12.2 Å². The maximum atomic E-state index is 12.6. The number of hydrogen-bond donors (Lipinski definition) is 0. The summed E-state index contributed by atoms with van der Waals surface area (Å²) in [6, 6.07) is -0.111. The Bertz CT molecular complexity index is 540. The molecule has 0 radical (unpaired) electrons. The lowest BCUT2D eigenvalue weighted by Gasteiger charge is -2.17. The van der Waals surface area contributed by atoms with Gasteiger partial charge in [0.1, 0.15) is 18.4 Å². The number of halogens is 3. The predicted octanol–water partition coefficient (Wildman–Crippen LogP) is 1.33. The van der Waals surface area contributed by atoms with Gasteiger partial charge in [-0.15, -0.1) is 0 Å². The number of aromatic nitrogens is 2. The molecule has 0 aromatic carbocycles. The third-order valence-corrected chi connectivity index (χ3v) is 3.02. The summed E-state index contributed by atoms with van der Waals surface area (Å²) in [4.78, 5) is 14.6. The van der Waals surface area contributed by atoms with Gasteiger partial charge in [0.2, 0.25) is 0 Å². The summed E-state index contributed by atoms with van der Waals surface area (Å²) in [7, 11) is 0. The van der Waals surface area contributed by atoms with E-state index in [2.05, 4.69) is 4.98 Å². The first-order valence-corrected chi connectivity index (χ1v) is 5.44. The van der Waals surface area contributed by atoms with Crippen LogP contribution in [0.3, 0.4) is 0 Å². The third-order valence-electron chi connectivity index (χ3n) is 3.02. The van der Waals surface area contributed by atoms with Crippen LogP contribution >= 0.6 is 0 Å². The minimum atomic E-state index is -4.73. The lowest BCUT2D eigenvalue weighted by molar-refractivity contribution is -0.139. The van der Waals surface area contributed by atoms with Gasteiger partial charge in [0, 0.05) is 6.20 Å². The molecule has 2 aliphatic heterocycles. The minimum Gasteiger partial charge on any atom is -0.462 e. The Morgan fingerprint density at radius 3 is 2.89 bits per heavy atom. The number of ether oxygens (including phenoxy) is 2. The highest BCUT2D eigenvalue weighted by Crippen LogP contribution is 2.35. The van der Waals surface area contributed by atoms with E-state index >= 15 is 0 Å². The summed E-state index contributed by atoms with van der Waals surface area (Å²) >= 11 is 0. The summed E-state index contributed by atoms with van der Waals surface area (Å²) in [5.74, 6) is 0. The van der Waals surface area contributed by atoms with E-state index in [1.807, 2.05) is 0 Å². The fourth-order valence-corrected chi connectivity index (χ4v) is 2.14. The highest BCUT2D eigenvalue weighted by atomic mass is 19.4. The average Bonchev–Trinajstić information content (AvgIpc) is 2.64. The molecule has 5 nitrogen and oxygen atoms in total. The van der Waals surface area contributed by atoms with Crippen LogP contribution in [0.1, 0.15) is 24.6 Å². The molecule has 18 heavy (non-hydrogen) atoms. The molecule has 3 rings (SSSR count). The van der Waals surface area contributed by atoms with E-state index in [9.17, 15) is 18.0 Å². The fraction of sp³-hybridized carbons (Fsp3) is 0.600. The monoisotopic (exact) mass is 262 g/mol. The molecule has 1 aromatic heterocycles. The largest absolute Gasteiger partial charge is 0.462 e. The summed E-state index contributed by atoms with van der Waals surface area (Å²) in [5.41, 5.74) is -2.63. The Balaban J connectivity index is 2.13. The highest BCUT2D eigenvalue weighted by Gasteiger charge is 2.38. The van der Waals surface area contributed by atoms with Crippen LogP contribution in [0.5, 0.6) is 6.01 Å². The highest BCUT2D eigenvalue weighted by molar-refractivity contribution is 5.15. The van der Waals surface area contributed by atoms with Crippen molar-refractivity contribution >= 4 is 0 Å². The van der Waals surface area contributed by atoms with Gasteiger partial charge in [-0.2, -0.15) is 18.2 Å². The molecule has 1 fully saturated rings. The molecule has 1 saturated heterocycles. The van der Waals surface area contributed by atoms with Crippen molar-refractivity contribution in [2.45, 2.75) is 31.3 Å². The normalized spacial score (nSPS) is 26.4. The lowest BCUT2D eigenvalue weighted by Crippen LogP contribution is -2.26. The number of fused-ring (bicyclic) bond motifs is 4. The topological polar surface area (TPSA) is 53.4 Å². The van der Waals surface area contributed by atoms with Crippen molar-refractivity contribution in [1.82, 2.24) is 9.55 Å². The standard InChI is InChI=1S/C10H9F3N2O3/c11-10(12,13)6-3-15-7-2-1-5(18-7)4-17-9(15)14-8(6)16/h3,5,7H,1-2,4H2. The van der Waals surface area contributed by atoms with Crippen molar-refractivity contribution in [2.24, 2.45) is 0 Å². The van der Waals surface area contributed by atoms with E-state index in [0.29, 0.717) is 6.42 Å². The summed E-state index contributed by atoms with van der Waals surface area (Å²) in [6.07, 6.45) is -3.39. The molecule has 1 aromatic rings. The van der Waals surface area contributed by atoms with E-state index in [4.69, 9.17) is 9.47 Å². The summed E-state index contributed by atoms with van der Waals surface area (Å²) < 4.78 is 49.7. The zero-order valence-corrected chi connectivity index (χ0v) is 9.11. The Kier molecular flexibility index (Phi) is 2.37.